The molecule has 0 aliphatic carbocycles. The van der Waals surface area contributed by atoms with Crippen molar-refractivity contribution in [1.82, 2.24) is 5.32 Å². The van der Waals surface area contributed by atoms with E-state index in [0.29, 0.717) is 11.8 Å². The van der Waals surface area contributed by atoms with E-state index >= 15 is 0 Å². The number of anilines is 2. The van der Waals surface area contributed by atoms with E-state index in [9.17, 15) is 36.3 Å². The van der Waals surface area contributed by atoms with Crippen molar-refractivity contribution in [3.8, 4) is 0 Å². The number of hydrogen-bond acceptors (Lipinski definition) is 6. The smallest absolute Gasteiger partial charge is 0.442 e. The third kappa shape index (κ3) is 5.09. The van der Waals surface area contributed by atoms with Crippen LogP contribution in [0.15, 0.2) is 23.2 Å². The highest BCUT2D eigenvalue weighted by Gasteiger charge is 2.42. The summed E-state index contributed by atoms with van der Waals surface area (Å²) < 4.78 is 72.5. The highest BCUT2D eigenvalue weighted by Crippen LogP contribution is 2.36. The topological polar surface area (TPSA) is 79.0 Å². The van der Waals surface area contributed by atoms with Crippen molar-refractivity contribution < 1.29 is 41.1 Å². The van der Waals surface area contributed by atoms with Crippen LogP contribution in [0.3, 0.4) is 0 Å². The van der Waals surface area contributed by atoms with Crippen LogP contribution in [0.2, 0.25) is 0 Å². The molecule has 2 amide bonds. The summed E-state index contributed by atoms with van der Waals surface area (Å²) in [6.45, 7) is 1.20. The molecule has 1 N–H and O–H groups in total. The number of hydrogen-bond donors (Lipinski definition) is 1. The summed E-state index contributed by atoms with van der Waals surface area (Å²) in [5.74, 6) is -4.68. The largest absolute Gasteiger partial charge is 0.455 e. The Bertz CT molecular complexity index is 930. The minimum absolute atomic E-state index is 0.0115. The van der Waals surface area contributed by atoms with Crippen LogP contribution < -0.4 is 15.1 Å². The molecule has 3 rings (SSSR count). The highest BCUT2D eigenvalue weighted by atomic mass is 32.2. The van der Waals surface area contributed by atoms with Crippen LogP contribution >= 0.6 is 11.8 Å². The molecule has 1 atom stereocenters. The van der Waals surface area contributed by atoms with Crippen molar-refractivity contribution >= 4 is 40.9 Å². The quantitative estimate of drug-likeness (QED) is 0.674. The lowest BCUT2D eigenvalue weighted by molar-refractivity contribution is -0.165. The maximum Gasteiger partial charge on any atom is 0.455 e. The minimum atomic E-state index is -5.10. The van der Waals surface area contributed by atoms with Crippen LogP contribution in [0.25, 0.3) is 0 Å². The number of ether oxygens (including phenoxy) is 1. The molecule has 168 valence electrons. The van der Waals surface area contributed by atoms with Crippen molar-refractivity contribution in [2.75, 3.05) is 35.2 Å². The summed E-state index contributed by atoms with van der Waals surface area (Å²) in [4.78, 5) is 35.6. The predicted octanol–water partition coefficient (Wildman–Crippen LogP) is 2.95. The highest BCUT2D eigenvalue weighted by molar-refractivity contribution is 8.04. The summed E-state index contributed by atoms with van der Waals surface area (Å²) in [5.41, 5.74) is -0.796. The summed E-state index contributed by atoms with van der Waals surface area (Å²) in [5, 5.41) is 2.47. The zero-order valence-corrected chi connectivity index (χ0v) is 16.8. The van der Waals surface area contributed by atoms with Gasteiger partial charge >= 0.3 is 12.3 Å². The number of thioether (sulfide) groups is 1. The average Bonchev–Trinajstić information content (AvgIpc) is 3.05. The van der Waals surface area contributed by atoms with Gasteiger partial charge in [-0.3, -0.25) is 14.5 Å². The number of halogens is 5. The van der Waals surface area contributed by atoms with Crippen molar-refractivity contribution in [3.05, 3.63) is 34.9 Å². The Kier molecular flexibility index (Phi) is 6.43. The number of rotatable bonds is 5. The van der Waals surface area contributed by atoms with Crippen LogP contribution in [0.5, 0.6) is 0 Å². The second-order valence-electron chi connectivity index (χ2n) is 6.67. The van der Waals surface area contributed by atoms with Gasteiger partial charge in [-0.25, -0.2) is 13.6 Å². The van der Waals surface area contributed by atoms with E-state index in [1.54, 1.807) is 0 Å². The van der Waals surface area contributed by atoms with Gasteiger partial charge in [-0.2, -0.15) is 13.2 Å². The summed E-state index contributed by atoms with van der Waals surface area (Å²) in [6.07, 6.45) is -5.93. The Labute approximate surface area is 177 Å². The zero-order valence-electron chi connectivity index (χ0n) is 16.0. The Hall–Kier alpha value is -2.83. The van der Waals surface area contributed by atoms with E-state index in [4.69, 9.17) is 4.74 Å². The molecule has 31 heavy (non-hydrogen) atoms. The first-order valence-corrected chi connectivity index (χ1v) is 9.90. The van der Waals surface area contributed by atoms with E-state index in [1.165, 1.54) is 6.92 Å². The van der Waals surface area contributed by atoms with Gasteiger partial charge in [-0.1, -0.05) is 0 Å². The van der Waals surface area contributed by atoms with Crippen LogP contribution in [-0.2, 0) is 14.3 Å². The van der Waals surface area contributed by atoms with Crippen molar-refractivity contribution in [1.29, 1.82) is 0 Å². The molecule has 1 aromatic rings. The van der Waals surface area contributed by atoms with Gasteiger partial charge in [0.15, 0.2) is 11.6 Å². The van der Waals surface area contributed by atoms with E-state index in [1.807, 2.05) is 0 Å². The number of ketones is 1. The lowest BCUT2D eigenvalue weighted by atomic mass is 10.2. The van der Waals surface area contributed by atoms with Crippen molar-refractivity contribution in [2.45, 2.75) is 19.2 Å². The van der Waals surface area contributed by atoms with Crippen LogP contribution in [-0.4, -0.2) is 55.5 Å². The van der Waals surface area contributed by atoms with Gasteiger partial charge in [-0.15, -0.1) is 11.8 Å². The first-order chi connectivity index (χ1) is 14.5. The number of allylic oxidation sites excluding steroid dienone is 1. The number of amides is 2. The zero-order chi connectivity index (χ0) is 22.9. The van der Waals surface area contributed by atoms with Crippen LogP contribution in [0.1, 0.15) is 6.92 Å². The van der Waals surface area contributed by atoms with E-state index < -0.39 is 46.4 Å². The molecule has 13 heteroatoms. The molecular weight excluding hydrogens is 449 g/mol. The molecule has 0 spiro atoms. The predicted molar refractivity (Wildman–Crippen MR) is 102 cm³/mol. The standard InChI is InChI=1S/C18H16F5N3O4S/c1-9(27)24-6-11-7-26(17(29)30-11)10-4-12(19)15(13(20)5-10)25-2-3-31-14(8-25)16(28)18(21,22)23/h4-5,8,11H,2-3,6-7H2,1H3,(H,24,27)/t11-/m0/s1. The second-order valence-corrected chi connectivity index (χ2v) is 7.81. The number of nitrogens with zero attached hydrogens (tertiary/aromatic N) is 2. The third-order valence-electron chi connectivity index (χ3n) is 4.40. The molecule has 7 nitrogen and oxygen atoms in total. The lowest BCUT2D eigenvalue weighted by Crippen LogP contribution is -2.33. The number of nitrogens with one attached hydrogen (secondary N) is 1. The van der Waals surface area contributed by atoms with E-state index in [0.717, 1.165) is 28.1 Å². The van der Waals surface area contributed by atoms with Crippen LogP contribution in [0, 0.1) is 11.6 Å². The Balaban J connectivity index is 1.83. The van der Waals surface area contributed by atoms with E-state index in [-0.39, 0.29) is 37.0 Å². The number of carbonyl (C=O) groups excluding carboxylic acids is 3. The Morgan fingerprint density at radius 2 is 1.90 bits per heavy atom. The van der Waals surface area contributed by atoms with Gasteiger partial charge in [0.05, 0.1) is 23.7 Å². The molecular formula is C18H16F5N3O4S. The molecule has 2 heterocycles. The monoisotopic (exact) mass is 465 g/mol. The number of carbonyl (C=O) groups is 3. The second kappa shape index (κ2) is 8.73. The molecule has 0 radical (unpaired) electrons. The van der Waals surface area contributed by atoms with Gasteiger partial charge in [0.25, 0.3) is 5.78 Å². The fraction of sp³-hybridized carbons (Fsp3) is 0.389. The first-order valence-electron chi connectivity index (χ1n) is 8.91. The molecule has 2 aliphatic rings. The lowest BCUT2D eigenvalue weighted by Gasteiger charge is -2.27. The summed E-state index contributed by atoms with van der Waals surface area (Å²) >= 11 is 0.645. The number of alkyl halides is 3. The average molecular weight is 465 g/mol. The summed E-state index contributed by atoms with van der Waals surface area (Å²) in [7, 11) is 0. The minimum Gasteiger partial charge on any atom is -0.442 e. The molecule has 1 saturated heterocycles. The third-order valence-corrected chi connectivity index (χ3v) is 5.39. The molecule has 2 aliphatic heterocycles. The Morgan fingerprint density at radius 3 is 2.48 bits per heavy atom. The molecule has 1 aromatic carbocycles. The Morgan fingerprint density at radius 1 is 1.26 bits per heavy atom. The number of Topliss-reactive ketones (excluding diaryl/α,β-unsaturated/α-hetero) is 1. The summed E-state index contributed by atoms with van der Waals surface area (Å²) in [6, 6.07) is 1.70. The van der Waals surface area contributed by atoms with Gasteiger partial charge in [0.2, 0.25) is 5.91 Å². The van der Waals surface area contributed by atoms with Crippen molar-refractivity contribution in [2.24, 2.45) is 0 Å². The van der Waals surface area contributed by atoms with Gasteiger partial charge in [-0.05, 0) is 0 Å². The molecule has 0 saturated carbocycles. The number of cyclic esters (lactones) is 1. The first kappa shape index (κ1) is 22.8. The molecule has 0 bridgehead atoms. The van der Waals surface area contributed by atoms with E-state index in [2.05, 4.69) is 5.32 Å². The van der Waals surface area contributed by atoms with Gasteiger partial charge in [0, 0.05) is 37.6 Å². The number of benzene rings is 1. The van der Waals surface area contributed by atoms with Crippen molar-refractivity contribution in [3.63, 3.8) is 0 Å². The SMILES string of the molecule is CC(=O)NC[C@H]1CN(c2cc(F)c(N3C=C(C(=O)C(F)(F)F)SCC3)c(F)c2)C(=O)O1. The fourth-order valence-corrected chi connectivity index (χ4v) is 3.97. The molecule has 0 unspecified atom stereocenters. The maximum absolute atomic E-state index is 14.7. The fourth-order valence-electron chi connectivity index (χ4n) is 3.02. The molecule has 1 fully saturated rings. The van der Waals surface area contributed by atoms with Gasteiger partial charge in [0.1, 0.15) is 11.8 Å². The normalized spacial score (nSPS) is 19.2. The van der Waals surface area contributed by atoms with Gasteiger partial charge < -0.3 is 15.0 Å². The molecule has 0 aromatic heterocycles. The maximum atomic E-state index is 14.7. The van der Waals surface area contributed by atoms with Crippen LogP contribution in [0.4, 0.5) is 38.1 Å².